The zero-order valence-corrected chi connectivity index (χ0v) is 13.3. The maximum atomic E-state index is 6.32. The van der Waals surface area contributed by atoms with Gasteiger partial charge in [0.15, 0.2) is 11.5 Å². The Labute approximate surface area is 135 Å². The second kappa shape index (κ2) is 6.99. The Hall–Kier alpha value is -1.78. The fourth-order valence-electron chi connectivity index (χ4n) is 2.48. The van der Waals surface area contributed by atoms with Crippen LogP contribution in [-0.4, -0.2) is 18.2 Å². The fourth-order valence-corrected chi connectivity index (χ4v) is 2.77. The quantitative estimate of drug-likeness (QED) is 0.942. The molecule has 0 radical (unpaired) electrons. The van der Waals surface area contributed by atoms with Crippen molar-refractivity contribution in [2.45, 2.75) is 25.9 Å². The lowest BCUT2D eigenvalue weighted by molar-refractivity contribution is -0.708. The van der Waals surface area contributed by atoms with Crippen LogP contribution >= 0.6 is 11.6 Å². The van der Waals surface area contributed by atoms with E-state index in [1.54, 1.807) is 0 Å². The van der Waals surface area contributed by atoms with E-state index in [1.807, 2.05) is 36.5 Å². The second-order valence-corrected chi connectivity index (χ2v) is 5.85. The molecule has 0 saturated heterocycles. The number of benzene rings is 1. The van der Waals surface area contributed by atoms with E-state index in [4.69, 9.17) is 21.1 Å². The van der Waals surface area contributed by atoms with Crippen molar-refractivity contribution in [3.63, 3.8) is 0 Å². The first-order valence-corrected chi connectivity index (χ1v) is 7.94. The molecule has 1 atom stereocenters. The molecule has 0 bridgehead atoms. The molecule has 2 aromatic rings. The molecule has 1 aromatic heterocycles. The van der Waals surface area contributed by atoms with E-state index in [1.165, 1.54) is 0 Å². The van der Waals surface area contributed by atoms with Gasteiger partial charge in [-0.05, 0) is 31.2 Å². The van der Waals surface area contributed by atoms with E-state index in [0.29, 0.717) is 24.0 Å². The Morgan fingerprint density at radius 2 is 2.14 bits per heavy atom. The largest absolute Gasteiger partial charge is 0.489 e. The van der Waals surface area contributed by atoms with Gasteiger partial charge in [0.05, 0.1) is 23.9 Å². The smallest absolute Gasteiger partial charge is 0.179 e. The average Bonchev–Trinajstić information content (AvgIpc) is 2.79. The summed E-state index contributed by atoms with van der Waals surface area (Å²) in [6, 6.07) is 10.3. The van der Waals surface area contributed by atoms with Gasteiger partial charge in [-0.25, -0.2) is 0 Å². The lowest BCUT2D eigenvalue weighted by atomic mass is 10.1. The average molecular weight is 320 g/mol. The van der Waals surface area contributed by atoms with Crippen LogP contribution in [0.1, 0.15) is 30.6 Å². The molecule has 116 valence electrons. The number of hydrogen-bond acceptors (Lipinski definition) is 3. The van der Waals surface area contributed by atoms with Crippen LogP contribution in [0.3, 0.4) is 0 Å². The minimum atomic E-state index is 0.288. The van der Waals surface area contributed by atoms with Crippen molar-refractivity contribution >= 4 is 11.6 Å². The first-order valence-electron chi connectivity index (χ1n) is 7.56. The first-order chi connectivity index (χ1) is 10.7. The van der Waals surface area contributed by atoms with Gasteiger partial charge in [0.1, 0.15) is 12.6 Å². The molecule has 0 amide bonds. The number of halogens is 1. The molecule has 0 spiro atoms. The van der Waals surface area contributed by atoms with E-state index in [9.17, 15) is 0 Å². The number of fused-ring (bicyclic) bond motifs is 1. The van der Waals surface area contributed by atoms with E-state index in [-0.39, 0.29) is 6.04 Å². The minimum Gasteiger partial charge on any atom is -0.489 e. The normalized spacial score (nSPS) is 15.2. The molecule has 0 unspecified atom stereocenters. The fraction of sp³-hybridized carbons (Fsp3) is 0.353. The number of ether oxygens (including phenoxy) is 2. The molecule has 1 aliphatic heterocycles. The van der Waals surface area contributed by atoms with Gasteiger partial charge in [-0.3, -0.25) is 4.98 Å². The van der Waals surface area contributed by atoms with Gasteiger partial charge in [-0.1, -0.05) is 17.7 Å². The Kier molecular flexibility index (Phi) is 4.80. The van der Waals surface area contributed by atoms with Crippen molar-refractivity contribution in [1.29, 1.82) is 0 Å². The summed E-state index contributed by atoms with van der Waals surface area (Å²) in [6.45, 7) is 4.27. The number of aromatic nitrogens is 1. The van der Waals surface area contributed by atoms with E-state index in [0.717, 1.165) is 30.0 Å². The predicted octanol–water partition coefficient (Wildman–Crippen LogP) is 2.72. The lowest BCUT2D eigenvalue weighted by Gasteiger charge is -2.13. The number of hydrogen-bond donors (Lipinski definition) is 1. The minimum absolute atomic E-state index is 0.288. The Balaban J connectivity index is 1.70. The highest BCUT2D eigenvalue weighted by Gasteiger charge is 2.17. The number of pyridine rings is 1. The monoisotopic (exact) mass is 319 g/mol. The zero-order chi connectivity index (χ0) is 15.4. The standard InChI is InChI=1S/C17H19ClN2O2/c1-12(15-5-2-3-6-19-15)20-11-13-9-14(18)17-16(10-13)21-7-4-8-22-17/h2-3,5-6,9-10,12,20H,4,7-8,11H2,1H3/p+1/t12-/m1/s1. The van der Waals surface area contributed by atoms with Crippen LogP contribution in [0.4, 0.5) is 0 Å². The van der Waals surface area contributed by atoms with Crippen molar-refractivity contribution in [2.24, 2.45) is 0 Å². The SMILES string of the molecule is C[C@@H]([NH2+]Cc1cc(Cl)c2c(c1)OCCCO2)c1ccccn1. The van der Waals surface area contributed by atoms with Crippen LogP contribution in [0, 0.1) is 0 Å². The third-order valence-electron chi connectivity index (χ3n) is 3.72. The van der Waals surface area contributed by atoms with Gasteiger partial charge in [0.25, 0.3) is 0 Å². The summed E-state index contributed by atoms with van der Waals surface area (Å²) in [5.74, 6) is 1.42. The summed E-state index contributed by atoms with van der Waals surface area (Å²) in [4.78, 5) is 4.39. The van der Waals surface area contributed by atoms with Crippen LogP contribution in [0.5, 0.6) is 11.5 Å². The molecular formula is C17H20ClN2O2+. The van der Waals surface area contributed by atoms with Gasteiger partial charge >= 0.3 is 0 Å². The van der Waals surface area contributed by atoms with E-state index < -0.39 is 0 Å². The molecule has 3 rings (SSSR count). The van der Waals surface area contributed by atoms with Crippen LogP contribution in [0.25, 0.3) is 0 Å². The Morgan fingerprint density at radius 1 is 1.27 bits per heavy atom. The highest BCUT2D eigenvalue weighted by molar-refractivity contribution is 6.32. The summed E-state index contributed by atoms with van der Waals surface area (Å²) in [5.41, 5.74) is 2.19. The van der Waals surface area contributed by atoms with Crippen molar-refractivity contribution in [3.05, 3.63) is 52.8 Å². The summed E-state index contributed by atoms with van der Waals surface area (Å²) < 4.78 is 11.4. The van der Waals surface area contributed by atoms with Crippen LogP contribution in [-0.2, 0) is 6.54 Å². The van der Waals surface area contributed by atoms with Gasteiger partial charge in [-0.2, -0.15) is 0 Å². The van der Waals surface area contributed by atoms with Crippen molar-refractivity contribution in [1.82, 2.24) is 4.98 Å². The molecule has 2 N–H and O–H groups in total. The maximum Gasteiger partial charge on any atom is 0.179 e. The number of nitrogens with zero attached hydrogens (tertiary/aromatic N) is 1. The lowest BCUT2D eigenvalue weighted by Crippen LogP contribution is -2.83. The molecule has 4 nitrogen and oxygen atoms in total. The number of quaternary nitrogens is 1. The summed E-state index contributed by atoms with van der Waals surface area (Å²) in [7, 11) is 0. The van der Waals surface area contributed by atoms with Crippen molar-refractivity contribution < 1.29 is 14.8 Å². The molecular weight excluding hydrogens is 300 g/mol. The summed E-state index contributed by atoms with van der Waals surface area (Å²) in [5, 5.41) is 2.85. The Morgan fingerprint density at radius 3 is 2.95 bits per heavy atom. The second-order valence-electron chi connectivity index (χ2n) is 5.44. The first kappa shape index (κ1) is 15.1. The zero-order valence-electron chi connectivity index (χ0n) is 12.6. The number of rotatable bonds is 4. The van der Waals surface area contributed by atoms with Crippen LogP contribution in [0.15, 0.2) is 36.5 Å². The van der Waals surface area contributed by atoms with Gasteiger partial charge < -0.3 is 14.8 Å². The Bertz CT molecular complexity index is 634. The summed E-state index contributed by atoms with van der Waals surface area (Å²) >= 11 is 6.32. The number of nitrogens with two attached hydrogens (primary N) is 1. The molecule has 1 aliphatic rings. The molecule has 5 heteroatoms. The third kappa shape index (κ3) is 3.51. The van der Waals surface area contributed by atoms with Gasteiger partial charge in [0.2, 0.25) is 0 Å². The van der Waals surface area contributed by atoms with E-state index in [2.05, 4.69) is 17.2 Å². The molecule has 22 heavy (non-hydrogen) atoms. The van der Waals surface area contributed by atoms with Crippen LogP contribution in [0.2, 0.25) is 5.02 Å². The van der Waals surface area contributed by atoms with Gasteiger partial charge in [-0.15, -0.1) is 0 Å². The molecule has 0 fully saturated rings. The topological polar surface area (TPSA) is 48.0 Å². The summed E-state index contributed by atoms with van der Waals surface area (Å²) in [6.07, 6.45) is 2.70. The van der Waals surface area contributed by atoms with Crippen molar-refractivity contribution in [3.8, 4) is 11.5 Å². The highest BCUT2D eigenvalue weighted by atomic mass is 35.5. The molecule has 0 aliphatic carbocycles. The highest BCUT2D eigenvalue weighted by Crippen LogP contribution is 2.37. The van der Waals surface area contributed by atoms with E-state index >= 15 is 0 Å². The maximum absolute atomic E-state index is 6.32. The molecule has 1 aromatic carbocycles. The predicted molar refractivity (Wildman–Crippen MR) is 85.3 cm³/mol. The molecule has 2 heterocycles. The van der Waals surface area contributed by atoms with Crippen molar-refractivity contribution in [2.75, 3.05) is 13.2 Å². The van der Waals surface area contributed by atoms with Crippen LogP contribution < -0.4 is 14.8 Å². The van der Waals surface area contributed by atoms with Gasteiger partial charge in [0, 0.05) is 18.2 Å². The third-order valence-corrected chi connectivity index (χ3v) is 4.00. The molecule has 0 saturated carbocycles.